The number of ether oxygens (including phenoxy) is 1. The van der Waals surface area contributed by atoms with E-state index in [0.717, 1.165) is 16.9 Å². The molecule has 0 aromatic heterocycles. The fraction of sp³-hybridized carbons (Fsp3) is 0.259. The summed E-state index contributed by atoms with van der Waals surface area (Å²) in [5, 5.41) is 2.95. The third-order valence-electron chi connectivity index (χ3n) is 5.99. The van der Waals surface area contributed by atoms with E-state index in [-0.39, 0.29) is 24.0 Å². The van der Waals surface area contributed by atoms with Crippen LogP contribution in [0.1, 0.15) is 42.2 Å². The van der Waals surface area contributed by atoms with E-state index in [1.54, 1.807) is 19.2 Å². The minimum absolute atomic E-state index is 0.0865. The third-order valence-corrected chi connectivity index (χ3v) is 5.99. The fourth-order valence-corrected chi connectivity index (χ4v) is 4.49. The molecule has 0 bridgehead atoms. The van der Waals surface area contributed by atoms with Crippen molar-refractivity contribution < 1.29 is 14.3 Å². The maximum absolute atomic E-state index is 13.6. The van der Waals surface area contributed by atoms with Gasteiger partial charge in [0.15, 0.2) is 0 Å². The number of rotatable bonds is 5. The number of para-hydroxylation sites is 2. The van der Waals surface area contributed by atoms with E-state index >= 15 is 0 Å². The van der Waals surface area contributed by atoms with Crippen molar-refractivity contribution in [3.8, 4) is 5.75 Å². The minimum Gasteiger partial charge on any atom is -0.497 e. The van der Waals surface area contributed by atoms with Crippen molar-refractivity contribution in [1.82, 2.24) is 5.32 Å². The van der Waals surface area contributed by atoms with Gasteiger partial charge >= 0.3 is 6.03 Å². The van der Waals surface area contributed by atoms with Crippen LogP contribution in [0.15, 0.2) is 78.9 Å². The molecule has 1 unspecified atom stereocenters. The molecule has 1 aliphatic heterocycles. The van der Waals surface area contributed by atoms with Gasteiger partial charge in [-0.2, -0.15) is 0 Å². The molecule has 0 spiro atoms. The van der Waals surface area contributed by atoms with Gasteiger partial charge in [-0.25, -0.2) is 4.79 Å². The Bertz CT molecular complexity index is 1130. The number of hydrogen-bond donors (Lipinski definition) is 1. The molecule has 0 fully saturated rings. The predicted octanol–water partition coefficient (Wildman–Crippen LogP) is 5.41. The summed E-state index contributed by atoms with van der Waals surface area (Å²) in [5.74, 6) is 0.555. The summed E-state index contributed by atoms with van der Waals surface area (Å²) in [6.07, 6.45) is 0.610. The summed E-state index contributed by atoms with van der Waals surface area (Å²) in [6, 6.07) is 24.2. The van der Waals surface area contributed by atoms with Crippen LogP contribution in [0.2, 0.25) is 0 Å². The van der Waals surface area contributed by atoms with Crippen molar-refractivity contribution in [1.29, 1.82) is 0 Å². The first-order valence-electron chi connectivity index (χ1n) is 11.2. The third kappa shape index (κ3) is 4.42. The summed E-state index contributed by atoms with van der Waals surface area (Å²) < 4.78 is 5.31. The Balaban J connectivity index is 1.77. The summed E-state index contributed by atoms with van der Waals surface area (Å²) in [6.45, 7) is 4.47. The molecule has 0 saturated carbocycles. The van der Waals surface area contributed by atoms with Gasteiger partial charge in [-0.05, 0) is 62.2 Å². The molecule has 1 N–H and O–H groups in total. The largest absolute Gasteiger partial charge is 0.497 e. The molecule has 3 aromatic rings. The number of carbonyl (C=O) groups is 2. The van der Waals surface area contributed by atoms with Crippen molar-refractivity contribution in [2.24, 2.45) is 0 Å². The van der Waals surface area contributed by atoms with E-state index in [1.165, 1.54) is 0 Å². The molecule has 0 radical (unpaired) electrons. The lowest BCUT2D eigenvalue weighted by Crippen LogP contribution is -2.49. The fourth-order valence-electron chi connectivity index (χ4n) is 4.49. The molecule has 2 atom stereocenters. The molecule has 0 aliphatic carbocycles. The zero-order valence-corrected chi connectivity index (χ0v) is 19.2. The number of nitrogens with zero attached hydrogens (tertiary/aromatic N) is 2. The average molecular weight is 444 g/mol. The molecule has 6 nitrogen and oxygen atoms in total. The van der Waals surface area contributed by atoms with Gasteiger partial charge in [0, 0.05) is 29.5 Å². The zero-order chi connectivity index (χ0) is 23.4. The monoisotopic (exact) mass is 443 g/mol. The number of fused-ring (bicyclic) bond motifs is 1. The number of hydrogen-bond acceptors (Lipinski definition) is 3. The topological polar surface area (TPSA) is 61.9 Å². The van der Waals surface area contributed by atoms with Crippen LogP contribution in [0.4, 0.5) is 16.2 Å². The van der Waals surface area contributed by atoms with E-state index in [1.807, 2.05) is 90.4 Å². The summed E-state index contributed by atoms with van der Waals surface area (Å²) >= 11 is 0. The highest BCUT2D eigenvalue weighted by Gasteiger charge is 2.38. The molecule has 1 heterocycles. The number of methoxy groups -OCH3 is 1. The Kier molecular flexibility index (Phi) is 6.63. The lowest BCUT2D eigenvalue weighted by atomic mass is 9.89. The van der Waals surface area contributed by atoms with Crippen LogP contribution in [0.25, 0.3) is 0 Å². The SMILES string of the molecule is CCNC(=O)N(c1ccccc1)[C@H]1CC(C)N(C(=O)c2cccc(OC)c2)c2ccccc21. The number of amides is 3. The maximum Gasteiger partial charge on any atom is 0.322 e. The van der Waals surface area contributed by atoms with Gasteiger partial charge in [-0.1, -0.05) is 42.5 Å². The van der Waals surface area contributed by atoms with Crippen LogP contribution in [-0.4, -0.2) is 31.6 Å². The quantitative estimate of drug-likeness (QED) is 0.573. The highest BCUT2D eigenvalue weighted by atomic mass is 16.5. The van der Waals surface area contributed by atoms with E-state index in [2.05, 4.69) is 5.32 Å². The van der Waals surface area contributed by atoms with Crippen LogP contribution >= 0.6 is 0 Å². The molecule has 1 aliphatic rings. The van der Waals surface area contributed by atoms with E-state index in [0.29, 0.717) is 24.3 Å². The molecule has 4 rings (SSSR count). The standard InChI is InChI=1S/C27H29N3O3/c1-4-28-27(32)30(21-12-6-5-7-13-21)25-17-19(2)29(24-16-9-8-15-23(24)25)26(31)20-11-10-14-22(18-20)33-3/h5-16,18-19,25H,4,17H2,1-3H3,(H,28,32)/t19?,25-/m0/s1. The Hall–Kier alpha value is -3.80. The van der Waals surface area contributed by atoms with Crippen LogP contribution in [0.3, 0.4) is 0 Å². The van der Waals surface area contributed by atoms with Crippen molar-refractivity contribution in [2.75, 3.05) is 23.5 Å². The van der Waals surface area contributed by atoms with Gasteiger partial charge in [0.2, 0.25) is 0 Å². The predicted molar refractivity (Wildman–Crippen MR) is 131 cm³/mol. The lowest BCUT2D eigenvalue weighted by Gasteiger charge is -2.43. The van der Waals surface area contributed by atoms with Crippen LogP contribution in [-0.2, 0) is 0 Å². The number of benzene rings is 3. The molecule has 3 aromatic carbocycles. The molecule has 170 valence electrons. The van der Waals surface area contributed by atoms with Crippen LogP contribution < -0.4 is 19.9 Å². The van der Waals surface area contributed by atoms with Gasteiger partial charge in [0.05, 0.1) is 13.2 Å². The maximum atomic E-state index is 13.6. The first-order valence-corrected chi connectivity index (χ1v) is 11.2. The number of anilines is 2. The van der Waals surface area contributed by atoms with Gasteiger partial charge in [0.1, 0.15) is 5.75 Å². The van der Waals surface area contributed by atoms with Crippen LogP contribution in [0.5, 0.6) is 5.75 Å². The average Bonchev–Trinajstić information content (AvgIpc) is 2.85. The second-order valence-electron chi connectivity index (χ2n) is 8.11. The van der Waals surface area contributed by atoms with Crippen molar-refractivity contribution >= 4 is 23.3 Å². The molecule has 3 amide bonds. The van der Waals surface area contributed by atoms with Crippen molar-refractivity contribution in [3.63, 3.8) is 0 Å². The summed E-state index contributed by atoms with van der Waals surface area (Å²) in [5.41, 5.74) is 3.15. The van der Waals surface area contributed by atoms with E-state index < -0.39 is 0 Å². The van der Waals surface area contributed by atoms with Gasteiger partial charge in [-0.3, -0.25) is 9.69 Å². The van der Waals surface area contributed by atoms with Gasteiger partial charge in [0.25, 0.3) is 5.91 Å². The van der Waals surface area contributed by atoms with Crippen LogP contribution in [0, 0.1) is 0 Å². The first kappa shape index (κ1) is 22.4. The highest BCUT2D eigenvalue weighted by molar-refractivity contribution is 6.07. The number of nitrogens with one attached hydrogen (secondary N) is 1. The Morgan fingerprint density at radius 3 is 2.48 bits per heavy atom. The smallest absolute Gasteiger partial charge is 0.322 e. The Morgan fingerprint density at radius 2 is 1.76 bits per heavy atom. The number of urea groups is 1. The highest BCUT2D eigenvalue weighted by Crippen LogP contribution is 2.42. The number of carbonyl (C=O) groups excluding carboxylic acids is 2. The summed E-state index contributed by atoms with van der Waals surface area (Å²) in [4.78, 5) is 30.4. The molecule has 0 saturated heterocycles. The molecular formula is C27H29N3O3. The second kappa shape index (κ2) is 9.77. The molecule has 33 heavy (non-hydrogen) atoms. The van der Waals surface area contributed by atoms with Gasteiger partial charge in [-0.15, -0.1) is 0 Å². The van der Waals surface area contributed by atoms with Crippen molar-refractivity contribution in [3.05, 3.63) is 90.0 Å². The Morgan fingerprint density at radius 1 is 1.03 bits per heavy atom. The zero-order valence-electron chi connectivity index (χ0n) is 19.2. The first-order chi connectivity index (χ1) is 16.0. The normalized spacial score (nSPS) is 17.1. The van der Waals surface area contributed by atoms with E-state index in [9.17, 15) is 9.59 Å². The molecular weight excluding hydrogens is 414 g/mol. The summed E-state index contributed by atoms with van der Waals surface area (Å²) in [7, 11) is 1.59. The molecule has 6 heteroatoms. The second-order valence-corrected chi connectivity index (χ2v) is 8.11. The van der Waals surface area contributed by atoms with Crippen molar-refractivity contribution in [2.45, 2.75) is 32.4 Å². The van der Waals surface area contributed by atoms with Gasteiger partial charge < -0.3 is 15.0 Å². The minimum atomic E-state index is -0.209. The lowest BCUT2D eigenvalue weighted by molar-refractivity contribution is 0.0973. The van der Waals surface area contributed by atoms with E-state index in [4.69, 9.17) is 4.74 Å². The Labute approximate surface area is 194 Å².